The Morgan fingerprint density at radius 1 is 1.05 bits per heavy atom. The van der Waals surface area contributed by atoms with Gasteiger partial charge < -0.3 is 14.6 Å². The van der Waals surface area contributed by atoms with E-state index in [1.807, 2.05) is 42.6 Å². The zero-order valence-electron chi connectivity index (χ0n) is 19.9. The van der Waals surface area contributed by atoms with Gasteiger partial charge in [-0.3, -0.25) is 9.48 Å². The lowest BCUT2D eigenvalue weighted by Gasteiger charge is -2.11. The number of hydrogen-bond donors (Lipinski definition) is 1. The number of methoxy groups -OCH3 is 1. The van der Waals surface area contributed by atoms with E-state index in [2.05, 4.69) is 20.4 Å². The molecule has 37 heavy (non-hydrogen) atoms. The fourth-order valence-corrected chi connectivity index (χ4v) is 4.04. The molecule has 1 N–H and O–H groups in total. The number of benzene rings is 2. The minimum Gasteiger partial charge on any atom is -0.494 e. The molecule has 0 unspecified atom stereocenters. The summed E-state index contributed by atoms with van der Waals surface area (Å²) in [6.07, 6.45) is 4.97. The van der Waals surface area contributed by atoms with Crippen molar-refractivity contribution in [3.05, 3.63) is 112 Å². The molecule has 3 aromatic heterocycles. The van der Waals surface area contributed by atoms with Crippen LogP contribution in [0.2, 0.25) is 0 Å². The predicted octanol–water partition coefficient (Wildman–Crippen LogP) is 3.72. The zero-order valence-corrected chi connectivity index (χ0v) is 19.9. The number of halogens is 1. The van der Waals surface area contributed by atoms with Gasteiger partial charge in [0.05, 0.1) is 37.2 Å². The van der Waals surface area contributed by atoms with E-state index in [0.29, 0.717) is 29.9 Å². The molecule has 0 aliphatic carbocycles. The van der Waals surface area contributed by atoms with Gasteiger partial charge in [0.1, 0.15) is 12.1 Å². The zero-order chi connectivity index (χ0) is 25.8. The second-order valence-electron chi connectivity index (χ2n) is 8.34. The van der Waals surface area contributed by atoms with E-state index < -0.39 is 5.82 Å². The van der Waals surface area contributed by atoms with Gasteiger partial charge >= 0.3 is 0 Å². The van der Waals surface area contributed by atoms with E-state index >= 15 is 0 Å². The Kier molecular flexibility index (Phi) is 6.59. The molecule has 0 radical (unpaired) electrons. The molecule has 0 aliphatic rings. The number of nitriles is 1. The fourth-order valence-electron chi connectivity index (χ4n) is 4.04. The average molecular weight is 496 g/mol. The number of ether oxygens (including phenoxy) is 1. The summed E-state index contributed by atoms with van der Waals surface area (Å²) in [7, 11) is 1.38. The van der Waals surface area contributed by atoms with Gasteiger partial charge in [-0.1, -0.05) is 30.3 Å². The third-order valence-electron chi connectivity index (χ3n) is 5.96. The van der Waals surface area contributed by atoms with Crippen LogP contribution in [0.4, 0.5) is 10.2 Å². The van der Waals surface area contributed by atoms with Crippen molar-refractivity contribution in [1.82, 2.24) is 24.3 Å². The van der Waals surface area contributed by atoms with Crippen LogP contribution in [0.25, 0.3) is 11.0 Å². The Balaban J connectivity index is 1.33. The maximum Gasteiger partial charge on any atom is 0.250 e. The van der Waals surface area contributed by atoms with Gasteiger partial charge in [0, 0.05) is 30.6 Å². The first-order chi connectivity index (χ1) is 18.1. The van der Waals surface area contributed by atoms with Gasteiger partial charge in [-0.15, -0.1) is 0 Å². The number of anilines is 1. The minimum atomic E-state index is -0.587. The number of nitrogens with one attached hydrogen (secondary N) is 1. The Morgan fingerprint density at radius 2 is 1.84 bits per heavy atom. The predicted molar refractivity (Wildman–Crippen MR) is 136 cm³/mol. The van der Waals surface area contributed by atoms with Crippen LogP contribution in [0.15, 0.2) is 78.1 Å². The van der Waals surface area contributed by atoms with Crippen LogP contribution >= 0.6 is 0 Å². The number of pyridine rings is 1. The van der Waals surface area contributed by atoms with E-state index in [-0.39, 0.29) is 29.0 Å². The number of nitrogens with zero attached hydrogens (tertiary/aromatic N) is 6. The monoisotopic (exact) mass is 495 g/mol. The van der Waals surface area contributed by atoms with Crippen LogP contribution in [0.3, 0.4) is 0 Å². The summed E-state index contributed by atoms with van der Waals surface area (Å²) in [6, 6.07) is 18.0. The standard InChI is InChI=1S/C27H22FN7O2/c1-37-23-10-9-20(12-29)21(25(23)28)13-30-26-22-16-35(33-27(22)32-17-31-26)15-19-7-5-18(6-8-19)14-34-11-3-2-4-24(34)36/h2-11,16-17H,13-15H2,1H3,(H,30,31,32,33). The van der Waals surface area contributed by atoms with E-state index in [9.17, 15) is 14.4 Å². The Hall–Kier alpha value is -5.04. The van der Waals surface area contributed by atoms with Gasteiger partial charge in [0.2, 0.25) is 0 Å². The van der Waals surface area contributed by atoms with Crippen LogP contribution in [0.5, 0.6) is 5.75 Å². The summed E-state index contributed by atoms with van der Waals surface area (Å²) in [5.41, 5.74) is 2.90. The van der Waals surface area contributed by atoms with Crippen LogP contribution in [0, 0.1) is 17.1 Å². The van der Waals surface area contributed by atoms with E-state index in [1.54, 1.807) is 27.6 Å². The molecule has 0 atom stereocenters. The van der Waals surface area contributed by atoms with E-state index in [0.717, 1.165) is 11.1 Å². The molecular formula is C27H22FN7O2. The molecule has 5 aromatic rings. The van der Waals surface area contributed by atoms with E-state index in [4.69, 9.17) is 4.74 Å². The number of fused-ring (bicyclic) bond motifs is 1. The van der Waals surface area contributed by atoms with Crippen LogP contribution in [-0.2, 0) is 19.6 Å². The molecule has 0 saturated heterocycles. The summed E-state index contributed by atoms with van der Waals surface area (Å²) in [5, 5.41) is 17.7. The topological polar surface area (TPSA) is 111 Å². The highest BCUT2D eigenvalue weighted by Gasteiger charge is 2.15. The van der Waals surface area contributed by atoms with Crippen molar-refractivity contribution in [2.75, 3.05) is 12.4 Å². The highest BCUT2D eigenvalue weighted by atomic mass is 19.1. The molecule has 3 heterocycles. The third kappa shape index (κ3) is 5.01. The van der Waals surface area contributed by atoms with Crippen molar-refractivity contribution in [3.63, 3.8) is 0 Å². The molecule has 2 aromatic carbocycles. The molecule has 184 valence electrons. The molecule has 0 saturated carbocycles. The molecule has 9 nitrogen and oxygen atoms in total. The fraction of sp³-hybridized carbons (Fsp3) is 0.148. The van der Waals surface area contributed by atoms with Crippen LogP contribution in [-0.4, -0.2) is 31.4 Å². The summed E-state index contributed by atoms with van der Waals surface area (Å²) < 4.78 is 23.2. The second-order valence-corrected chi connectivity index (χ2v) is 8.34. The van der Waals surface area contributed by atoms with Crippen molar-refractivity contribution in [2.45, 2.75) is 19.6 Å². The molecule has 0 fully saturated rings. The maximum absolute atomic E-state index is 14.8. The summed E-state index contributed by atoms with van der Waals surface area (Å²) >= 11 is 0. The van der Waals surface area contributed by atoms with Gasteiger partial charge in [-0.2, -0.15) is 10.4 Å². The van der Waals surface area contributed by atoms with Crippen molar-refractivity contribution < 1.29 is 9.13 Å². The van der Waals surface area contributed by atoms with Gasteiger partial charge in [0.25, 0.3) is 5.56 Å². The lowest BCUT2D eigenvalue weighted by Crippen LogP contribution is -2.18. The molecule has 10 heteroatoms. The number of rotatable bonds is 8. The smallest absolute Gasteiger partial charge is 0.250 e. The van der Waals surface area contributed by atoms with Gasteiger partial charge in [-0.05, 0) is 29.3 Å². The Bertz CT molecular complexity index is 1670. The largest absolute Gasteiger partial charge is 0.494 e. The van der Waals surface area contributed by atoms with Gasteiger partial charge in [0.15, 0.2) is 17.2 Å². The highest BCUT2D eigenvalue weighted by molar-refractivity contribution is 5.85. The summed E-state index contributed by atoms with van der Waals surface area (Å²) in [4.78, 5) is 20.5. The maximum atomic E-state index is 14.8. The summed E-state index contributed by atoms with van der Waals surface area (Å²) in [5.74, 6) is -0.0417. The minimum absolute atomic E-state index is 0.0369. The van der Waals surface area contributed by atoms with Gasteiger partial charge in [-0.25, -0.2) is 14.4 Å². The van der Waals surface area contributed by atoms with Crippen molar-refractivity contribution in [2.24, 2.45) is 0 Å². The quantitative estimate of drug-likeness (QED) is 0.349. The summed E-state index contributed by atoms with van der Waals surface area (Å²) in [6.45, 7) is 1.04. The number of hydrogen-bond acceptors (Lipinski definition) is 7. The number of aromatic nitrogens is 5. The molecule has 0 amide bonds. The first-order valence-electron chi connectivity index (χ1n) is 11.5. The third-order valence-corrected chi connectivity index (χ3v) is 5.96. The second kappa shape index (κ2) is 10.3. The van der Waals surface area contributed by atoms with E-state index in [1.165, 1.54) is 25.6 Å². The molecule has 0 bridgehead atoms. The van der Waals surface area contributed by atoms with Crippen molar-refractivity contribution >= 4 is 16.9 Å². The molecule has 0 spiro atoms. The van der Waals surface area contributed by atoms with Crippen LogP contribution < -0.4 is 15.6 Å². The SMILES string of the molecule is COc1ccc(C#N)c(CNc2ncnc3nn(Cc4ccc(Cn5ccccc5=O)cc4)cc23)c1F. The molecule has 0 aliphatic heterocycles. The van der Waals surface area contributed by atoms with Crippen LogP contribution in [0.1, 0.15) is 22.3 Å². The molecular weight excluding hydrogens is 473 g/mol. The Morgan fingerprint density at radius 3 is 2.57 bits per heavy atom. The highest BCUT2D eigenvalue weighted by Crippen LogP contribution is 2.25. The van der Waals surface area contributed by atoms with Crippen molar-refractivity contribution in [1.29, 1.82) is 5.26 Å². The normalized spacial score (nSPS) is 10.8. The average Bonchev–Trinajstić information content (AvgIpc) is 3.33. The lowest BCUT2D eigenvalue weighted by molar-refractivity contribution is 0.384. The van der Waals surface area contributed by atoms with Crippen molar-refractivity contribution in [3.8, 4) is 11.8 Å². The first-order valence-corrected chi connectivity index (χ1v) is 11.5. The molecule has 5 rings (SSSR count). The Labute approximate surface area is 211 Å². The lowest BCUT2D eigenvalue weighted by atomic mass is 10.1. The first kappa shape index (κ1) is 23.7.